The van der Waals surface area contributed by atoms with Gasteiger partial charge in [-0.15, -0.1) is 0 Å². The molecule has 0 aromatic heterocycles. The summed E-state index contributed by atoms with van der Waals surface area (Å²) in [5.74, 6) is -0.607. The normalized spacial score (nSPS) is 11.1. The van der Waals surface area contributed by atoms with Gasteiger partial charge in [0.2, 0.25) is 0 Å². The van der Waals surface area contributed by atoms with Gasteiger partial charge in [-0.3, -0.25) is 18.7 Å². The number of benzene rings is 4. The van der Waals surface area contributed by atoms with Gasteiger partial charge < -0.3 is 20.1 Å². The van der Waals surface area contributed by atoms with Gasteiger partial charge in [-0.2, -0.15) is 16.8 Å². The van der Waals surface area contributed by atoms with E-state index in [1.54, 1.807) is 36.4 Å². The van der Waals surface area contributed by atoms with Crippen molar-refractivity contribution in [3.05, 3.63) is 107 Å². The van der Waals surface area contributed by atoms with Gasteiger partial charge in [-0.05, 0) is 59.7 Å². The summed E-state index contributed by atoms with van der Waals surface area (Å²) in [6, 6.07) is 20.1. The maximum Gasteiger partial charge on any atom is 0.295 e. The fourth-order valence-corrected chi connectivity index (χ4v) is 5.61. The largest absolute Gasteiger partial charge is 0.496 e. The van der Waals surface area contributed by atoms with Crippen LogP contribution in [0.4, 0.5) is 11.4 Å². The van der Waals surface area contributed by atoms with Crippen LogP contribution in [0.1, 0.15) is 31.8 Å². The Hall–Kier alpha value is -3.02. The number of hydrogen-bond donors (Lipinski definition) is 4. The van der Waals surface area contributed by atoms with Crippen LogP contribution in [0.5, 0.6) is 11.5 Å². The Bertz CT molecular complexity index is 1860. The van der Waals surface area contributed by atoms with Crippen molar-refractivity contribution in [3.8, 4) is 11.5 Å². The molecule has 4 aromatic rings. The number of anilines is 2. The minimum Gasteiger partial charge on any atom is -0.496 e. The van der Waals surface area contributed by atoms with Crippen LogP contribution >= 0.6 is 0 Å². The zero-order valence-electron chi connectivity index (χ0n) is 25.2. The second-order valence-electron chi connectivity index (χ2n) is 9.10. The Morgan fingerprint density at radius 3 is 1.28 bits per heavy atom. The van der Waals surface area contributed by atoms with Crippen molar-refractivity contribution in [1.29, 1.82) is 0 Å². The van der Waals surface area contributed by atoms with Crippen LogP contribution in [0.2, 0.25) is 0 Å². The minimum atomic E-state index is -4.82. The first-order valence-electron chi connectivity index (χ1n) is 12.6. The molecule has 0 saturated carbocycles. The maximum atomic E-state index is 12.8. The standard InChI is InChI=1S/C30H26N2O10S2.2Na/c1-41-25-9-5-3-7-23(25)29(33)31-21-15-13-19(27(17-21)43(35,36)37)11-12-20-14-16-22(18-28(20)44(38,39)40)32-30(34)24-8-4-6-10-26(24)42-2;;/h3-18H,1-2H3,(H,31,33)(H,32,34)(H,35,36,37)(H,38,39,40);;. The van der Waals surface area contributed by atoms with Crippen LogP contribution in [0, 0.1) is 0 Å². The molecule has 0 aliphatic heterocycles. The van der Waals surface area contributed by atoms with Gasteiger partial charge in [0.05, 0.1) is 25.3 Å². The molecule has 16 heteroatoms. The Kier molecular flexibility index (Phi) is 14.2. The van der Waals surface area contributed by atoms with Crippen LogP contribution in [0.25, 0.3) is 12.2 Å². The Balaban J connectivity index is 0.00000368. The SMILES string of the molecule is COc1ccccc1C(=O)Nc1ccc(C=Cc2ccc(NC(=O)c3ccccc3OC)cc2S(=O)(=O)O)c(S(=O)(=O)O)c1.[Na].[Na]. The minimum absolute atomic E-state index is 0. The van der Waals surface area contributed by atoms with E-state index in [1.165, 1.54) is 62.8 Å². The fourth-order valence-electron chi connectivity index (χ4n) is 4.19. The first kappa shape index (κ1) is 39.2. The van der Waals surface area contributed by atoms with E-state index >= 15 is 0 Å². The number of methoxy groups -OCH3 is 2. The Morgan fingerprint density at radius 1 is 0.609 bits per heavy atom. The molecule has 0 saturated heterocycles. The summed E-state index contributed by atoms with van der Waals surface area (Å²) >= 11 is 0. The molecular weight excluding hydrogens is 658 g/mol. The van der Waals surface area contributed by atoms with Crippen molar-refractivity contribution >= 4 is 115 Å². The molecule has 0 bridgehead atoms. The van der Waals surface area contributed by atoms with E-state index in [2.05, 4.69) is 10.6 Å². The zero-order chi connectivity index (χ0) is 32.1. The van der Waals surface area contributed by atoms with E-state index in [9.17, 15) is 35.5 Å². The summed E-state index contributed by atoms with van der Waals surface area (Å²) in [4.78, 5) is 24.4. The zero-order valence-corrected chi connectivity index (χ0v) is 30.8. The Morgan fingerprint density at radius 2 is 0.957 bits per heavy atom. The average molecular weight is 685 g/mol. The number of ether oxygens (including phenoxy) is 2. The summed E-state index contributed by atoms with van der Waals surface area (Å²) in [5, 5.41) is 5.09. The van der Waals surface area contributed by atoms with Crippen molar-refractivity contribution in [1.82, 2.24) is 0 Å². The van der Waals surface area contributed by atoms with Crippen LogP contribution in [-0.2, 0) is 20.2 Å². The third kappa shape index (κ3) is 9.75. The molecule has 46 heavy (non-hydrogen) atoms. The molecule has 0 aliphatic rings. The number of carbonyl (C=O) groups excluding carboxylic acids is 2. The Labute approximate surface area is 310 Å². The van der Waals surface area contributed by atoms with Crippen LogP contribution < -0.4 is 20.1 Å². The van der Waals surface area contributed by atoms with Crippen LogP contribution in [-0.4, -0.2) is 111 Å². The molecule has 2 amide bonds. The van der Waals surface area contributed by atoms with E-state index in [0.717, 1.165) is 12.1 Å². The van der Waals surface area contributed by atoms with E-state index in [0.29, 0.717) is 11.5 Å². The topological polar surface area (TPSA) is 185 Å². The summed E-state index contributed by atoms with van der Waals surface area (Å²) in [6.45, 7) is 0. The van der Waals surface area contributed by atoms with Crippen molar-refractivity contribution in [2.45, 2.75) is 9.79 Å². The van der Waals surface area contributed by atoms with Gasteiger partial charge in [-0.1, -0.05) is 48.6 Å². The molecule has 12 nitrogen and oxygen atoms in total. The molecule has 0 atom stereocenters. The smallest absolute Gasteiger partial charge is 0.295 e. The van der Waals surface area contributed by atoms with E-state index in [4.69, 9.17) is 9.47 Å². The number of carbonyl (C=O) groups is 2. The molecular formula is C30H26N2Na2O10S2. The summed E-state index contributed by atoms with van der Waals surface area (Å²) in [5.41, 5.74) is 0.342. The molecule has 4 aromatic carbocycles. The third-order valence-corrected chi connectivity index (χ3v) is 8.06. The number of nitrogens with one attached hydrogen (secondary N) is 2. The van der Waals surface area contributed by atoms with Crippen molar-refractivity contribution in [3.63, 3.8) is 0 Å². The van der Waals surface area contributed by atoms with E-state index < -0.39 is 41.8 Å². The number of hydrogen-bond acceptors (Lipinski definition) is 8. The van der Waals surface area contributed by atoms with Gasteiger partial charge >= 0.3 is 0 Å². The third-order valence-electron chi connectivity index (χ3n) is 6.24. The summed E-state index contributed by atoms with van der Waals surface area (Å²) in [7, 11) is -6.85. The number of rotatable bonds is 10. The van der Waals surface area contributed by atoms with Crippen molar-refractivity contribution in [2.24, 2.45) is 0 Å². The molecule has 0 unspecified atom stereocenters. The molecule has 230 valence electrons. The van der Waals surface area contributed by atoms with Crippen LogP contribution in [0.3, 0.4) is 0 Å². The van der Waals surface area contributed by atoms with Crippen molar-refractivity contribution in [2.75, 3.05) is 24.9 Å². The van der Waals surface area contributed by atoms with Gasteiger partial charge in [0.15, 0.2) is 0 Å². The first-order chi connectivity index (χ1) is 20.8. The molecule has 0 aliphatic carbocycles. The maximum absolute atomic E-state index is 12.8. The number of amides is 2. The molecule has 0 heterocycles. The molecule has 0 spiro atoms. The fraction of sp³-hybridized carbons (Fsp3) is 0.0667. The monoisotopic (exact) mass is 684 g/mol. The summed E-state index contributed by atoms with van der Waals surface area (Å²) < 4.78 is 79.0. The molecule has 4 rings (SSSR count). The predicted molar refractivity (Wildman–Crippen MR) is 175 cm³/mol. The quantitative estimate of drug-likeness (QED) is 0.108. The second-order valence-corrected chi connectivity index (χ2v) is 11.9. The molecule has 4 N–H and O–H groups in total. The average Bonchev–Trinajstić information content (AvgIpc) is 2.99. The van der Waals surface area contributed by atoms with Gasteiger partial charge in [0, 0.05) is 70.5 Å². The van der Waals surface area contributed by atoms with Crippen LogP contribution in [0.15, 0.2) is 94.7 Å². The molecule has 2 radical (unpaired) electrons. The predicted octanol–water partition coefficient (Wildman–Crippen LogP) is 4.11. The van der Waals surface area contributed by atoms with E-state index in [-0.39, 0.29) is 92.7 Å². The van der Waals surface area contributed by atoms with Gasteiger partial charge in [0.25, 0.3) is 32.1 Å². The molecule has 0 fully saturated rings. The first-order valence-corrected chi connectivity index (χ1v) is 15.5. The number of para-hydroxylation sites is 2. The van der Waals surface area contributed by atoms with E-state index in [1.807, 2.05) is 0 Å². The second kappa shape index (κ2) is 16.7. The van der Waals surface area contributed by atoms with Gasteiger partial charge in [0.1, 0.15) is 21.3 Å². The van der Waals surface area contributed by atoms with Gasteiger partial charge in [-0.25, -0.2) is 0 Å². The van der Waals surface area contributed by atoms with Crippen molar-refractivity contribution < 1.29 is 45.0 Å². The summed E-state index contributed by atoms with van der Waals surface area (Å²) in [6.07, 6.45) is 2.40.